The first kappa shape index (κ1) is 90.6. The van der Waals surface area contributed by atoms with Crippen molar-refractivity contribution in [3.63, 3.8) is 0 Å². The van der Waals surface area contributed by atoms with Crippen LogP contribution in [-0.4, -0.2) is 342 Å². The summed E-state index contributed by atoms with van der Waals surface area (Å²) in [6.07, 6.45) is 13.0. The predicted molar refractivity (Wildman–Crippen MR) is 385 cm³/mol. The highest BCUT2D eigenvalue weighted by molar-refractivity contribution is 9.11. The highest BCUT2D eigenvalue weighted by Crippen LogP contribution is 2.58. The second kappa shape index (κ2) is 59.9. The molecular weight excluding hydrogens is 1400 g/mol. The van der Waals surface area contributed by atoms with Crippen molar-refractivity contribution in [1.29, 1.82) is 0 Å². The average Bonchev–Trinajstić information content (AvgIpc) is 1.56. The van der Waals surface area contributed by atoms with Crippen molar-refractivity contribution in [3.8, 4) is 0 Å². The van der Waals surface area contributed by atoms with Crippen LogP contribution >= 0.6 is 15.9 Å². The van der Waals surface area contributed by atoms with Crippen molar-refractivity contribution in [2.24, 2.45) is 5.92 Å². The minimum absolute atomic E-state index is 0.0578. The summed E-state index contributed by atoms with van der Waals surface area (Å²) in [6, 6.07) is 0. The highest BCUT2D eigenvalue weighted by Gasteiger charge is 2.55. The van der Waals surface area contributed by atoms with Gasteiger partial charge in [-0.1, -0.05) is 18.2 Å². The van der Waals surface area contributed by atoms with Gasteiger partial charge in [0.2, 0.25) is 0 Å². The lowest BCUT2D eigenvalue weighted by molar-refractivity contribution is -0.0421. The Bertz CT molecular complexity index is 2130. The lowest BCUT2D eigenvalue weighted by Gasteiger charge is -2.42. The van der Waals surface area contributed by atoms with Crippen LogP contribution in [0.2, 0.25) is 0 Å². The van der Waals surface area contributed by atoms with Crippen LogP contribution in [0, 0.1) is 5.92 Å². The van der Waals surface area contributed by atoms with Crippen molar-refractivity contribution < 1.29 is 128 Å². The minimum Gasteiger partial charge on any atom is -0.479 e. The maximum Gasteiger partial charge on any atom is 0.494 e. The van der Waals surface area contributed by atoms with Crippen LogP contribution in [0.3, 0.4) is 0 Å². The van der Waals surface area contributed by atoms with Crippen LogP contribution in [0.4, 0.5) is 0 Å². The van der Waals surface area contributed by atoms with Gasteiger partial charge in [0.05, 0.1) is 302 Å². The monoisotopic (exact) mass is 1530 g/mol. The number of ether oxygens (including phenoxy) is 25. The fourth-order valence-corrected chi connectivity index (χ4v) is 11.9. The topological polar surface area (TPSA) is 249 Å². The minimum atomic E-state index is -0.615. The Morgan fingerprint density at radius 3 is 0.882 bits per heavy atom. The lowest BCUT2D eigenvalue weighted by atomic mass is 9.65. The third-order valence-corrected chi connectivity index (χ3v) is 17.8. The number of allylic oxidation sites excluding steroid dienone is 7. The molecule has 0 amide bonds. The van der Waals surface area contributed by atoms with Crippen molar-refractivity contribution in [2.45, 2.75) is 89.4 Å². The molecule has 0 aromatic heterocycles. The summed E-state index contributed by atoms with van der Waals surface area (Å²) in [5.74, 6) is -0.0578. The van der Waals surface area contributed by atoms with Crippen LogP contribution in [0.1, 0.15) is 72.6 Å². The Hall–Kier alpha value is -2.00. The first-order chi connectivity index (χ1) is 50.1. The molecule has 3 aliphatic carbocycles. The van der Waals surface area contributed by atoms with Crippen LogP contribution in [0.25, 0.3) is 0 Å². The number of methoxy groups -OCH3 is 2. The van der Waals surface area contributed by atoms with Gasteiger partial charge in [-0.05, 0) is 116 Å². The molecule has 5 rings (SSSR count). The summed E-state index contributed by atoms with van der Waals surface area (Å²) in [4.78, 5) is 0. The van der Waals surface area contributed by atoms with E-state index in [1.54, 1.807) is 14.2 Å². The van der Waals surface area contributed by atoms with E-state index < -0.39 is 23.9 Å². The quantitative estimate of drug-likeness (QED) is 0.0434. The summed E-state index contributed by atoms with van der Waals surface area (Å²) in [5, 5.41) is 0. The molecule has 592 valence electrons. The van der Waals surface area contributed by atoms with Crippen molar-refractivity contribution in [3.05, 3.63) is 56.2 Å². The smallest absolute Gasteiger partial charge is 0.479 e. The van der Waals surface area contributed by atoms with Gasteiger partial charge in [0.15, 0.2) is 4.67 Å². The van der Waals surface area contributed by atoms with Crippen LogP contribution in [0.5, 0.6) is 0 Å². The molecule has 2 aliphatic heterocycles. The highest BCUT2D eigenvalue weighted by atomic mass is 79.9. The van der Waals surface area contributed by atoms with Crippen molar-refractivity contribution in [2.75, 3.05) is 318 Å². The molecule has 0 aromatic rings. The van der Waals surface area contributed by atoms with E-state index in [9.17, 15) is 0 Å². The number of hydrogen-bond acceptors (Lipinski definition) is 27. The molecule has 0 spiro atoms. The van der Waals surface area contributed by atoms with E-state index in [2.05, 4.69) is 61.9 Å². The molecule has 0 radical (unpaired) electrons. The number of halogens is 1. The molecule has 1 saturated heterocycles. The third-order valence-electron chi connectivity index (χ3n) is 17.1. The summed E-state index contributed by atoms with van der Waals surface area (Å²) >= 11 is 4.02. The molecule has 0 aromatic carbocycles. The summed E-state index contributed by atoms with van der Waals surface area (Å²) in [5.41, 5.74) is 6.13. The average molecular weight is 1530 g/mol. The van der Waals surface area contributed by atoms with Gasteiger partial charge in [-0.2, -0.15) is 0 Å². The number of hydrogen-bond donors (Lipinski definition) is 0. The Morgan fingerprint density at radius 2 is 0.618 bits per heavy atom. The maximum atomic E-state index is 7.37. The Balaban J connectivity index is 0.861. The van der Waals surface area contributed by atoms with E-state index in [1.807, 2.05) is 0 Å². The molecule has 102 heavy (non-hydrogen) atoms. The normalized spacial score (nSPS) is 17.4. The standard InChI is InChI=1S/C73H128BBrO27/c1-71(2)72(3,4)102-74(101-71)65-61-64-60-63-10-7-11-66-68(63)69(64)67(62-65)73(100-70(66)75,12-8-14-78-20-22-82-28-30-86-36-38-90-44-46-94-52-54-98-58-56-96-50-48-92-42-40-88-34-32-84-26-24-80-18-16-76-5)13-9-15-79-21-23-83-29-31-87-37-39-91-45-47-95-53-55-99-59-57-97-51-49-93-43-41-89-35-33-85-27-25-81-19-17-77-6/h10,61-62,67H,7-9,11-60H2,1-6H3. The van der Waals surface area contributed by atoms with E-state index in [0.29, 0.717) is 304 Å². The van der Waals surface area contributed by atoms with Crippen LogP contribution in [0.15, 0.2) is 56.2 Å². The van der Waals surface area contributed by atoms with Gasteiger partial charge in [-0.3, -0.25) is 0 Å². The zero-order valence-corrected chi connectivity index (χ0v) is 64.4. The van der Waals surface area contributed by atoms with Crippen molar-refractivity contribution in [1.82, 2.24) is 0 Å². The second-order valence-corrected chi connectivity index (χ2v) is 25.9. The van der Waals surface area contributed by atoms with E-state index in [1.165, 1.54) is 27.9 Å². The maximum absolute atomic E-state index is 7.37. The van der Waals surface area contributed by atoms with Gasteiger partial charge < -0.3 is 128 Å². The first-order valence-electron chi connectivity index (χ1n) is 37.1. The third kappa shape index (κ3) is 39.9. The van der Waals surface area contributed by atoms with Crippen LogP contribution in [-0.2, 0) is 128 Å². The molecule has 1 atom stereocenters. The molecule has 1 unspecified atom stereocenters. The second-order valence-electron chi connectivity index (χ2n) is 25.2. The van der Waals surface area contributed by atoms with Crippen molar-refractivity contribution >= 4 is 23.0 Å². The molecule has 1 fully saturated rings. The summed E-state index contributed by atoms with van der Waals surface area (Å²) in [7, 11) is 2.79. The Labute approximate surface area is 617 Å². The largest absolute Gasteiger partial charge is 0.494 e. The summed E-state index contributed by atoms with van der Waals surface area (Å²) < 4.78 is 155. The fraction of sp³-hybridized carbons (Fsp3) is 0.863. The van der Waals surface area contributed by atoms with Crippen LogP contribution < -0.4 is 0 Å². The molecular formula is C73H128BBrO27. The molecule has 0 bridgehead atoms. The predicted octanol–water partition coefficient (Wildman–Crippen LogP) is 7.11. The summed E-state index contributed by atoms with van der Waals surface area (Å²) in [6.45, 7) is 31.5. The van der Waals surface area contributed by atoms with E-state index in [4.69, 9.17) is 128 Å². The molecule has 0 saturated carbocycles. The Morgan fingerprint density at radius 1 is 0.363 bits per heavy atom. The Kier molecular flexibility index (Phi) is 53.2. The zero-order chi connectivity index (χ0) is 72.4. The molecule has 0 N–H and O–H groups in total. The van der Waals surface area contributed by atoms with E-state index >= 15 is 0 Å². The molecule has 27 nitrogen and oxygen atoms in total. The molecule has 29 heteroatoms. The van der Waals surface area contributed by atoms with E-state index in [-0.39, 0.29) is 5.92 Å². The van der Waals surface area contributed by atoms with Gasteiger partial charge in [-0.15, -0.1) is 0 Å². The molecule has 2 heterocycles. The van der Waals surface area contributed by atoms with Gasteiger partial charge in [0.1, 0.15) is 5.60 Å². The number of rotatable bonds is 75. The SMILES string of the molecule is COCCOCCOCCOCCOCCOCCOCCOCCOCCOCCOCCOCCCC1(CCCOCCOCCOCCOCCOCCOCCOCCOCCOCCOCCOCCOC)OC(Br)=C2CCC=C3CC4=CC(B5OC(C)(C)C(C)(C)O5)=CC1C4=C32. The fourth-order valence-electron chi connectivity index (χ4n) is 11.2. The van der Waals surface area contributed by atoms with Gasteiger partial charge in [-0.25, -0.2) is 0 Å². The molecule has 5 aliphatic rings. The van der Waals surface area contributed by atoms with Gasteiger partial charge >= 0.3 is 7.12 Å². The first-order valence-corrected chi connectivity index (χ1v) is 37.9. The lowest BCUT2D eigenvalue weighted by Crippen LogP contribution is -2.42. The van der Waals surface area contributed by atoms with Gasteiger partial charge in [0.25, 0.3) is 0 Å². The van der Waals surface area contributed by atoms with Gasteiger partial charge in [0, 0.05) is 38.9 Å². The van der Waals surface area contributed by atoms with E-state index in [0.717, 1.165) is 55.1 Å². The zero-order valence-electron chi connectivity index (χ0n) is 62.8.